The highest BCUT2D eigenvalue weighted by Crippen LogP contribution is 2.02. The number of carbonyl (C=O) groups excluding carboxylic acids is 1. The number of nitrogens with two attached hydrogens (primary N) is 1. The van der Waals surface area contributed by atoms with Crippen molar-refractivity contribution in [1.82, 2.24) is 5.32 Å². The average Bonchev–Trinajstić information content (AvgIpc) is 2.14. The van der Waals surface area contributed by atoms with Crippen LogP contribution in [0.15, 0.2) is 0 Å². The van der Waals surface area contributed by atoms with Gasteiger partial charge in [-0.3, -0.25) is 4.79 Å². The third-order valence-corrected chi connectivity index (χ3v) is 2.31. The van der Waals surface area contributed by atoms with Crippen molar-refractivity contribution in [3.63, 3.8) is 0 Å². The number of nitrogens with one attached hydrogen (secondary N) is 1. The molecule has 1 unspecified atom stereocenters. The number of rotatable bonds is 7. The van der Waals surface area contributed by atoms with Gasteiger partial charge < -0.3 is 11.1 Å². The van der Waals surface area contributed by atoms with E-state index in [1.54, 1.807) is 0 Å². The molecule has 1 atom stereocenters. The monoisotopic (exact) mass is 200 g/mol. The fraction of sp³-hybridized carbons (Fsp3) is 0.909. The third-order valence-electron chi connectivity index (χ3n) is 2.31. The molecule has 0 radical (unpaired) electrons. The van der Waals surface area contributed by atoms with E-state index < -0.39 is 0 Å². The molecule has 0 aliphatic carbocycles. The Kier molecular flexibility index (Phi) is 7.48. The first-order chi connectivity index (χ1) is 6.56. The van der Waals surface area contributed by atoms with Gasteiger partial charge in [-0.05, 0) is 25.2 Å². The van der Waals surface area contributed by atoms with E-state index >= 15 is 0 Å². The molecule has 0 spiro atoms. The average molecular weight is 200 g/mol. The normalized spacial score (nSPS) is 12.9. The molecule has 0 heterocycles. The van der Waals surface area contributed by atoms with Crippen molar-refractivity contribution in [3.05, 3.63) is 0 Å². The van der Waals surface area contributed by atoms with Crippen LogP contribution in [0.2, 0.25) is 0 Å². The van der Waals surface area contributed by atoms with E-state index in [9.17, 15) is 4.79 Å². The van der Waals surface area contributed by atoms with Crippen molar-refractivity contribution >= 4 is 5.91 Å². The van der Waals surface area contributed by atoms with Gasteiger partial charge in [-0.2, -0.15) is 0 Å². The molecule has 0 fully saturated rings. The van der Waals surface area contributed by atoms with Gasteiger partial charge in [0, 0.05) is 19.0 Å². The summed E-state index contributed by atoms with van der Waals surface area (Å²) in [7, 11) is 0. The molecule has 0 aromatic carbocycles. The summed E-state index contributed by atoms with van der Waals surface area (Å²) in [6.45, 7) is 7.03. The molecule has 0 aliphatic rings. The minimum atomic E-state index is 0.155. The number of carbonyl (C=O) groups is 1. The van der Waals surface area contributed by atoms with E-state index in [1.807, 2.05) is 0 Å². The first-order valence-corrected chi connectivity index (χ1v) is 5.58. The van der Waals surface area contributed by atoms with Gasteiger partial charge in [-0.25, -0.2) is 0 Å². The summed E-state index contributed by atoms with van der Waals surface area (Å²) in [5, 5.41) is 2.88. The van der Waals surface area contributed by atoms with Gasteiger partial charge in [-0.15, -0.1) is 0 Å². The van der Waals surface area contributed by atoms with E-state index in [0.29, 0.717) is 18.9 Å². The maximum atomic E-state index is 11.3. The Morgan fingerprint density at radius 2 is 2.00 bits per heavy atom. The highest BCUT2D eigenvalue weighted by atomic mass is 16.1. The van der Waals surface area contributed by atoms with Gasteiger partial charge in [0.15, 0.2) is 0 Å². The zero-order valence-electron chi connectivity index (χ0n) is 9.68. The third kappa shape index (κ3) is 8.05. The van der Waals surface area contributed by atoms with Crippen LogP contribution in [0, 0.1) is 5.92 Å². The van der Waals surface area contributed by atoms with Crippen LogP contribution in [0.1, 0.15) is 46.5 Å². The largest absolute Gasteiger partial charge is 0.356 e. The van der Waals surface area contributed by atoms with Gasteiger partial charge in [0.25, 0.3) is 0 Å². The highest BCUT2D eigenvalue weighted by Gasteiger charge is 2.03. The minimum absolute atomic E-state index is 0.155. The second-order valence-corrected chi connectivity index (χ2v) is 4.24. The van der Waals surface area contributed by atoms with Crippen LogP contribution in [0.3, 0.4) is 0 Å². The molecule has 0 bridgehead atoms. The molecule has 0 saturated heterocycles. The van der Waals surface area contributed by atoms with Gasteiger partial charge >= 0.3 is 0 Å². The first kappa shape index (κ1) is 13.4. The summed E-state index contributed by atoms with van der Waals surface area (Å²) in [5.41, 5.74) is 5.73. The number of hydrogen-bond acceptors (Lipinski definition) is 2. The number of amides is 1. The molecule has 3 heteroatoms. The first-order valence-electron chi connectivity index (χ1n) is 5.58. The second kappa shape index (κ2) is 7.80. The number of hydrogen-bond donors (Lipinski definition) is 2. The standard InChI is InChI=1S/C11H24N2O/c1-4-10(12)7-8-13-11(14)6-5-9(2)3/h9-10H,4-8,12H2,1-3H3,(H,13,14). The summed E-state index contributed by atoms with van der Waals surface area (Å²) in [4.78, 5) is 11.3. The lowest BCUT2D eigenvalue weighted by atomic mass is 10.1. The lowest BCUT2D eigenvalue weighted by Crippen LogP contribution is -2.30. The van der Waals surface area contributed by atoms with Crippen LogP contribution >= 0.6 is 0 Å². The predicted octanol–water partition coefficient (Wildman–Crippen LogP) is 1.67. The van der Waals surface area contributed by atoms with Crippen molar-refractivity contribution in [2.75, 3.05) is 6.54 Å². The molecule has 0 aromatic heterocycles. The van der Waals surface area contributed by atoms with Crippen LogP contribution in [-0.2, 0) is 4.79 Å². The van der Waals surface area contributed by atoms with Crippen molar-refractivity contribution in [2.24, 2.45) is 11.7 Å². The predicted molar refractivity (Wildman–Crippen MR) is 60.0 cm³/mol. The molecule has 84 valence electrons. The molecule has 0 aromatic rings. The Labute approximate surface area is 87.4 Å². The molecule has 0 saturated carbocycles. The fourth-order valence-electron chi connectivity index (χ4n) is 1.11. The summed E-state index contributed by atoms with van der Waals surface area (Å²) in [5.74, 6) is 0.751. The maximum absolute atomic E-state index is 11.3. The van der Waals surface area contributed by atoms with E-state index in [-0.39, 0.29) is 11.9 Å². The smallest absolute Gasteiger partial charge is 0.220 e. The van der Waals surface area contributed by atoms with Crippen molar-refractivity contribution < 1.29 is 4.79 Å². The quantitative estimate of drug-likeness (QED) is 0.657. The maximum Gasteiger partial charge on any atom is 0.220 e. The van der Waals surface area contributed by atoms with Crippen LogP contribution in [0.25, 0.3) is 0 Å². The van der Waals surface area contributed by atoms with Gasteiger partial charge in [0.2, 0.25) is 5.91 Å². The van der Waals surface area contributed by atoms with Gasteiger partial charge in [0.1, 0.15) is 0 Å². The SMILES string of the molecule is CCC(N)CCNC(=O)CCC(C)C. The van der Waals surface area contributed by atoms with Crippen molar-refractivity contribution in [1.29, 1.82) is 0 Å². The zero-order valence-corrected chi connectivity index (χ0v) is 9.68. The van der Waals surface area contributed by atoms with Crippen molar-refractivity contribution in [2.45, 2.75) is 52.5 Å². The Balaban J connectivity index is 3.35. The highest BCUT2D eigenvalue weighted by molar-refractivity contribution is 5.75. The molecule has 0 aliphatic heterocycles. The molecular formula is C11H24N2O. The molecule has 1 amide bonds. The molecule has 3 N–H and O–H groups in total. The Hall–Kier alpha value is -0.570. The summed E-state index contributed by atoms with van der Waals surface area (Å²) < 4.78 is 0. The summed E-state index contributed by atoms with van der Waals surface area (Å²) in [6.07, 6.45) is 3.45. The van der Waals surface area contributed by atoms with E-state index in [2.05, 4.69) is 26.1 Å². The zero-order chi connectivity index (χ0) is 11.0. The van der Waals surface area contributed by atoms with Crippen LogP contribution in [-0.4, -0.2) is 18.5 Å². The van der Waals surface area contributed by atoms with E-state index in [1.165, 1.54) is 0 Å². The molecule has 0 rings (SSSR count). The van der Waals surface area contributed by atoms with Crippen LogP contribution in [0.5, 0.6) is 0 Å². The molecule has 3 nitrogen and oxygen atoms in total. The van der Waals surface area contributed by atoms with Crippen molar-refractivity contribution in [3.8, 4) is 0 Å². The molecule has 14 heavy (non-hydrogen) atoms. The lowest BCUT2D eigenvalue weighted by molar-refractivity contribution is -0.121. The second-order valence-electron chi connectivity index (χ2n) is 4.24. The fourth-order valence-corrected chi connectivity index (χ4v) is 1.11. The van der Waals surface area contributed by atoms with Crippen LogP contribution < -0.4 is 11.1 Å². The van der Waals surface area contributed by atoms with Gasteiger partial charge in [0.05, 0.1) is 0 Å². The Bertz CT molecular complexity index is 157. The molecular weight excluding hydrogens is 176 g/mol. The minimum Gasteiger partial charge on any atom is -0.356 e. The Morgan fingerprint density at radius 3 is 2.50 bits per heavy atom. The van der Waals surface area contributed by atoms with E-state index in [0.717, 1.165) is 19.3 Å². The van der Waals surface area contributed by atoms with E-state index in [4.69, 9.17) is 5.73 Å². The Morgan fingerprint density at radius 1 is 1.36 bits per heavy atom. The summed E-state index contributed by atoms with van der Waals surface area (Å²) in [6, 6.07) is 0.223. The lowest BCUT2D eigenvalue weighted by Gasteiger charge is -2.10. The summed E-state index contributed by atoms with van der Waals surface area (Å²) >= 11 is 0. The van der Waals surface area contributed by atoms with Gasteiger partial charge in [-0.1, -0.05) is 20.8 Å². The van der Waals surface area contributed by atoms with Crippen LogP contribution in [0.4, 0.5) is 0 Å². The topological polar surface area (TPSA) is 55.1 Å².